The minimum Gasteiger partial charge on any atom is -0.465 e. The smallest absolute Gasteiger partial charge is 0.293 e. The van der Waals surface area contributed by atoms with Crippen LogP contribution in [0, 0.1) is 0 Å². The molecule has 0 aliphatic heterocycles. The zero-order valence-corrected chi connectivity index (χ0v) is 18.6. The van der Waals surface area contributed by atoms with Crippen molar-refractivity contribution in [2.24, 2.45) is 5.10 Å². The molecule has 4 rings (SSSR count). The van der Waals surface area contributed by atoms with Crippen molar-refractivity contribution in [1.82, 2.24) is 35.6 Å². The Morgan fingerprint density at radius 2 is 2.18 bits per heavy atom. The van der Waals surface area contributed by atoms with Gasteiger partial charge in [-0.05, 0) is 60.9 Å². The lowest BCUT2D eigenvalue weighted by Gasteiger charge is -2.31. The molecule has 1 aliphatic rings. The van der Waals surface area contributed by atoms with E-state index in [9.17, 15) is 4.79 Å². The number of rotatable bonds is 8. The molecule has 12 nitrogen and oxygen atoms in total. The van der Waals surface area contributed by atoms with Crippen molar-refractivity contribution in [3.8, 4) is 5.82 Å². The van der Waals surface area contributed by atoms with Crippen LogP contribution in [0.2, 0.25) is 0 Å². The molecule has 0 aromatic carbocycles. The number of nitrogens with zero attached hydrogens (tertiary/aromatic N) is 7. The second-order valence-corrected chi connectivity index (χ2v) is 8.08. The average Bonchev–Trinajstić information content (AvgIpc) is 3.56. The molecular weight excluding hydrogens is 426 g/mol. The van der Waals surface area contributed by atoms with Crippen LogP contribution in [0.25, 0.3) is 11.9 Å². The Morgan fingerprint density at radius 1 is 1.36 bits per heavy atom. The monoisotopic (exact) mass is 453 g/mol. The number of anilines is 1. The first kappa shape index (κ1) is 22.4. The molecule has 3 aromatic heterocycles. The number of amides is 1. The fraction of sp³-hybridized carbons (Fsp3) is 0.429. The van der Waals surface area contributed by atoms with Gasteiger partial charge in [-0.25, -0.2) is 10.1 Å². The van der Waals surface area contributed by atoms with Crippen molar-refractivity contribution in [2.45, 2.75) is 51.6 Å². The number of hydrazone groups is 1. The minimum absolute atomic E-state index is 0.0603. The minimum atomic E-state index is -0.495. The summed E-state index contributed by atoms with van der Waals surface area (Å²) in [4.78, 5) is 15.1. The second kappa shape index (κ2) is 10.2. The number of nitrogens with two attached hydrogens (primary N) is 1. The average molecular weight is 454 g/mol. The number of hydrogen-bond donors (Lipinski definition) is 2. The topological polar surface area (TPSA) is 153 Å². The van der Waals surface area contributed by atoms with E-state index in [0.717, 1.165) is 18.4 Å². The number of nitrogen functional groups attached to an aromatic ring is 1. The van der Waals surface area contributed by atoms with Crippen LogP contribution in [0.1, 0.15) is 61.0 Å². The van der Waals surface area contributed by atoms with Gasteiger partial charge in [0.15, 0.2) is 5.69 Å². The molecule has 12 heteroatoms. The molecule has 174 valence electrons. The highest BCUT2D eigenvalue weighted by molar-refractivity contribution is 5.94. The van der Waals surface area contributed by atoms with E-state index in [1.54, 1.807) is 18.4 Å². The molecule has 1 aliphatic carbocycles. The highest BCUT2D eigenvalue weighted by atomic mass is 16.6. The Hall–Kier alpha value is -3.80. The molecule has 0 bridgehead atoms. The first-order valence-corrected chi connectivity index (χ1v) is 10.8. The van der Waals surface area contributed by atoms with Gasteiger partial charge < -0.3 is 10.2 Å². The summed E-state index contributed by atoms with van der Waals surface area (Å²) in [7, 11) is 2.03. The summed E-state index contributed by atoms with van der Waals surface area (Å²) in [5.41, 5.74) is 9.83. The standard InChI is InChI=1S/C21H27N9O3/c1-14(11-16-9-6-10-32-16)12-23-25-21(31)18-17(13-29(2)15-7-4-3-5-8-15)30(28-24-18)20-19(22)26-33-27-20/h6,9-12,15H,3-5,7-8,13H2,1-2H3,(H2,22,26)(H,25,31)/b14-11+,23-12-. The van der Waals surface area contributed by atoms with E-state index in [-0.39, 0.29) is 17.3 Å². The molecule has 1 saturated carbocycles. The Balaban J connectivity index is 1.54. The van der Waals surface area contributed by atoms with E-state index in [1.165, 1.54) is 30.2 Å². The number of nitrogens with one attached hydrogen (secondary N) is 1. The van der Waals surface area contributed by atoms with E-state index >= 15 is 0 Å². The first-order valence-electron chi connectivity index (χ1n) is 10.8. The van der Waals surface area contributed by atoms with Crippen molar-refractivity contribution in [3.05, 3.63) is 41.1 Å². The van der Waals surface area contributed by atoms with Gasteiger partial charge in [-0.3, -0.25) is 9.69 Å². The number of aromatic nitrogens is 5. The van der Waals surface area contributed by atoms with E-state index in [0.29, 0.717) is 24.0 Å². The van der Waals surface area contributed by atoms with Crippen LogP contribution < -0.4 is 11.2 Å². The molecule has 3 heterocycles. The first-order chi connectivity index (χ1) is 16.0. The zero-order chi connectivity index (χ0) is 23.2. The number of hydrogen-bond acceptors (Lipinski definition) is 10. The molecular formula is C21H27N9O3. The fourth-order valence-corrected chi connectivity index (χ4v) is 3.90. The summed E-state index contributed by atoms with van der Waals surface area (Å²) in [6, 6.07) is 4.04. The quantitative estimate of drug-likeness (QED) is 0.386. The molecule has 1 amide bonds. The van der Waals surface area contributed by atoms with Crippen LogP contribution in [-0.2, 0) is 6.54 Å². The number of furan rings is 1. The number of carbonyl (C=O) groups is 1. The predicted octanol–water partition coefficient (Wildman–Crippen LogP) is 2.41. The predicted molar refractivity (Wildman–Crippen MR) is 120 cm³/mol. The van der Waals surface area contributed by atoms with E-state index in [4.69, 9.17) is 14.8 Å². The fourth-order valence-electron chi connectivity index (χ4n) is 3.90. The molecule has 0 spiro atoms. The maximum atomic E-state index is 12.9. The van der Waals surface area contributed by atoms with Gasteiger partial charge in [-0.15, -0.1) is 5.10 Å². The van der Waals surface area contributed by atoms with Crippen molar-refractivity contribution in [1.29, 1.82) is 0 Å². The Morgan fingerprint density at radius 3 is 2.88 bits per heavy atom. The van der Waals surface area contributed by atoms with Gasteiger partial charge in [0.05, 0.1) is 18.2 Å². The molecule has 3 aromatic rings. The van der Waals surface area contributed by atoms with Crippen LogP contribution in [-0.4, -0.2) is 55.4 Å². The maximum absolute atomic E-state index is 12.9. The van der Waals surface area contributed by atoms with Crippen LogP contribution >= 0.6 is 0 Å². The van der Waals surface area contributed by atoms with E-state index < -0.39 is 5.91 Å². The van der Waals surface area contributed by atoms with Gasteiger partial charge in [-0.2, -0.15) is 9.78 Å². The normalized spacial score (nSPS) is 15.5. The van der Waals surface area contributed by atoms with Crippen molar-refractivity contribution in [2.75, 3.05) is 12.8 Å². The third kappa shape index (κ3) is 5.34. The molecule has 0 unspecified atom stereocenters. The van der Waals surface area contributed by atoms with Gasteiger partial charge >= 0.3 is 0 Å². The molecule has 3 N–H and O–H groups in total. The Kier molecular flexibility index (Phi) is 6.93. The van der Waals surface area contributed by atoms with E-state index in [2.05, 4.69) is 36.1 Å². The van der Waals surface area contributed by atoms with Gasteiger partial charge in [0.2, 0.25) is 11.6 Å². The van der Waals surface area contributed by atoms with Crippen molar-refractivity contribution >= 4 is 24.0 Å². The van der Waals surface area contributed by atoms with Gasteiger partial charge in [0, 0.05) is 12.6 Å². The third-order valence-corrected chi connectivity index (χ3v) is 5.62. The maximum Gasteiger partial charge on any atom is 0.293 e. The third-order valence-electron chi connectivity index (χ3n) is 5.62. The van der Waals surface area contributed by atoms with Crippen LogP contribution in [0.3, 0.4) is 0 Å². The molecule has 0 atom stereocenters. The number of allylic oxidation sites excluding steroid dienone is 1. The van der Waals surface area contributed by atoms with Crippen LogP contribution in [0.4, 0.5) is 5.82 Å². The van der Waals surface area contributed by atoms with Gasteiger partial charge in [-0.1, -0.05) is 24.5 Å². The summed E-state index contributed by atoms with van der Waals surface area (Å²) in [6.07, 6.45) is 10.8. The molecule has 0 radical (unpaired) electrons. The van der Waals surface area contributed by atoms with Crippen molar-refractivity contribution in [3.63, 3.8) is 0 Å². The lowest BCUT2D eigenvalue weighted by molar-refractivity contribution is 0.0947. The summed E-state index contributed by atoms with van der Waals surface area (Å²) in [6.45, 7) is 2.27. The summed E-state index contributed by atoms with van der Waals surface area (Å²) < 4.78 is 11.4. The summed E-state index contributed by atoms with van der Waals surface area (Å²) in [5, 5.41) is 19.6. The summed E-state index contributed by atoms with van der Waals surface area (Å²) in [5.74, 6) is 0.449. The lowest BCUT2D eigenvalue weighted by atomic mass is 9.94. The Labute approximate surface area is 190 Å². The van der Waals surface area contributed by atoms with Crippen LogP contribution in [0.5, 0.6) is 0 Å². The zero-order valence-electron chi connectivity index (χ0n) is 18.6. The SMILES string of the molecule is CC(/C=N\NC(=O)c1nnn(-c2nonc2N)c1CN(C)C1CCCCC1)=C\c1ccco1. The summed E-state index contributed by atoms with van der Waals surface area (Å²) >= 11 is 0. The largest absolute Gasteiger partial charge is 0.465 e. The molecule has 33 heavy (non-hydrogen) atoms. The van der Waals surface area contributed by atoms with Crippen LogP contribution in [0.15, 0.2) is 38.1 Å². The van der Waals surface area contributed by atoms with Crippen molar-refractivity contribution < 1.29 is 13.8 Å². The second-order valence-electron chi connectivity index (χ2n) is 8.08. The highest BCUT2D eigenvalue weighted by Gasteiger charge is 2.27. The molecule has 0 saturated heterocycles. The van der Waals surface area contributed by atoms with E-state index in [1.807, 2.05) is 20.0 Å². The lowest BCUT2D eigenvalue weighted by Crippen LogP contribution is -2.34. The van der Waals surface area contributed by atoms with Gasteiger partial charge in [0.25, 0.3) is 5.91 Å². The molecule has 1 fully saturated rings. The van der Waals surface area contributed by atoms with Gasteiger partial charge in [0.1, 0.15) is 5.76 Å². The number of carbonyl (C=O) groups excluding carboxylic acids is 1. The Bertz CT molecular complexity index is 1120. The highest BCUT2D eigenvalue weighted by Crippen LogP contribution is 2.24.